The van der Waals surface area contributed by atoms with Gasteiger partial charge in [-0.05, 0) is 36.1 Å². The second-order valence-corrected chi connectivity index (χ2v) is 6.35. The first-order valence-electron chi connectivity index (χ1n) is 8.74. The second-order valence-electron chi connectivity index (χ2n) is 6.35. The number of halogens is 1. The zero-order chi connectivity index (χ0) is 18.5. The molecule has 0 aromatic heterocycles. The molecule has 2 aromatic rings. The van der Waals surface area contributed by atoms with Crippen molar-refractivity contribution < 1.29 is 14.0 Å². The maximum atomic E-state index is 14.5. The molecule has 1 heterocycles. The van der Waals surface area contributed by atoms with E-state index in [0.717, 1.165) is 11.1 Å². The van der Waals surface area contributed by atoms with Crippen molar-refractivity contribution in [3.8, 4) is 0 Å². The van der Waals surface area contributed by atoms with Crippen LogP contribution in [0, 0.1) is 5.82 Å². The fraction of sp³-hybridized carbons (Fsp3) is 0.300. The Labute approximate surface area is 152 Å². The Morgan fingerprint density at radius 1 is 1.15 bits per heavy atom. The van der Waals surface area contributed by atoms with E-state index in [1.807, 2.05) is 30.3 Å². The molecule has 0 saturated heterocycles. The zero-order valence-corrected chi connectivity index (χ0v) is 14.5. The predicted molar refractivity (Wildman–Crippen MR) is 98.5 cm³/mol. The van der Waals surface area contributed by atoms with E-state index in [4.69, 9.17) is 5.73 Å². The number of anilines is 1. The summed E-state index contributed by atoms with van der Waals surface area (Å²) in [5.41, 5.74) is 8.01. The van der Waals surface area contributed by atoms with Gasteiger partial charge in [0, 0.05) is 31.7 Å². The van der Waals surface area contributed by atoms with Crippen LogP contribution in [0.15, 0.2) is 42.5 Å². The number of fused-ring (bicyclic) bond motifs is 1. The fourth-order valence-corrected chi connectivity index (χ4v) is 3.12. The van der Waals surface area contributed by atoms with Crippen LogP contribution in [0.3, 0.4) is 0 Å². The lowest BCUT2D eigenvalue weighted by atomic mass is 9.99. The third-order valence-corrected chi connectivity index (χ3v) is 4.52. The van der Waals surface area contributed by atoms with Crippen molar-refractivity contribution in [3.05, 3.63) is 65.0 Å². The van der Waals surface area contributed by atoms with Gasteiger partial charge in [0.2, 0.25) is 5.91 Å². The molecule has 0 atom stereocenters. The standard InChI is InChI=1S/C20H22FN3O2/c21-17-13-18-15(6-7-19(25)23-18)12-16(17)20(26)24(11-9-22)10-8-14-4-2-1-3-5-14/h1-5,12-13H,6-11,22H2,(H,23,25). The van der Waals surface area contributed by atoms with E-state index in [2.05, 4.69) is 5.32 Å². The fourth-order valence-electron chi connectivity index (χ4n) is 3.12. The SMILES string of the molecule is NCCN(CCc1ccccc1)C(=O)c1cc2c(cc1F)NC(=O)CC2. The molecule has 2 aromatic carbocycles. The van der Waals surface area contributed by atoms with Crippen molar-refractivity contribution in [1.82, 2.24) is 4.90 Å². The van der Waals surface area contributed by atoms with Gasteiger partial charge < -0.3 is 16.0 Å². The number of aryl methyl sites for hydroxylation is 1. The van der Waals surface area contributed by atoms with E-state index in [-0.39, 0.29) is 17.4 Å². The Morgan fingerprint density at radius 3 is 2.65 bits per heavy atom. The number of amides is 2. The molecule has 0 saturated carbocycles. The van der Waals surface area contributed by atoms with Crippen LogP contribution in [-0.4, -0.2) is 36.3 Å². The van der Waals surface area contributed by atoms with Gasteiger partial charge in [0.1, 0.15) is 5.82 Å². The van der Waals surface area contributed by atoms with Crippen LogP contribution in [0.4, 0.5) is 10.1 Å². The highest BCUT2D eigenvalue weighted by Gasteiger charge is 2.23. The van der Waals surface area contributed by atoms with Crippen LogP contribution in [0.5, 0.6) is 0 Å². The highest BCUT2D eigenvalue weighted by molar-refractivity contribution is 5.98. The maximum Gasteiger partial charge on any atom is 0.256 e. The average molecular weight is 355 g/mol. The smallest absolute Gasteiger partial charge is 0.256 e. The van der Waals surface area contributed by atoms with E-state index in [9.17, 15) is 14.0 Å². The summed E-state index contributed by atoms with van der Waals surface area (Å²) in [5, 5.41) is 2.64. The van der Waals surface area contributed by atoms with Gasteiger partial charge in [0.15, 0.2) is 0 Å². The molecular weight excluding hydrogens is 333 g/mol. The van der Waals surface area contributed by atoms with Gasteiger partial charge in [-0.25, -0.2) is 4.39 Å². The van der Waals surface area contributed by atoms with Crippen LogP contribution in [0.2, 0.25) is 0 Å². The summed E-state index contributed by atoms with van der Waals surface area (Å²) in [5.74, 6) is -1.13. The summed E-state index contributed by atoms with van der Waals surface area (Å²) in [4.78, 5) is 25.9. The molecule has 6 heteroatoms. The van der Waals surface area contributed by atoms with Crippen molar-refractivity contribution in [1.29, 1.82) is 0 Å². The van der Waals surface area contributed by atoms with Crippen LogP contribution in [0.1, 0.15) is 27.9 Å². The largest absolute Gasteiger partial charge is 0.337 e. The second kappa shape index (κ2) is 8.10. The topological polar surface area (TPSA) is 75.4 Å². The summed E-state index contributed by atoms with van der Waals surface area (Å²) in [6, 6.07) is 12.6. The molecule has 0 fully saturated rings. The normalized spacial score (nSPS) is 13.1. The van der Waals surface area contributed by atoms with Gasteiger partial charge in [0.25, 0.3) is 5.91 Å². The van der Waals surface area contributed by atoms with Crippen LogP contribution in [-0.2, 0) is 17.6 Å². The van der Waals surface area contributed by atoms with E-state index >= 15 is 0 Å². The molecule has 0 spiro atoms. The molecule has 2 amide bonds. The highest BCUT2D eigenvalue weighted by atomic mass is 19.1. The van der Waals surface area contributed by atoms with Gasteiger partial charge in [-0.3, -0.25) is 9.59 Å². The molecule has 26 heavy (non-hydrogen) atoms. The average Bonchev–Trinajstić information content (AvgIpc) is 2.65. The van der Waals surface area contributed by atoms with Gasteiger partial charge >= 0.3 is 0 Å². The number of carbonyl (C=O) groups is 2. The van der Waals surface area contributed by atoms with Crippen LogP contribution in [0.25, 0.3) is 0 Å². The minimum absolute atomic E-state index is 0.0291. The van der Waals surface area contributed by atoms with Gasteiger partial charge in [0.05, 0.1) is 5.56 Å². The minimum atomic E-state index is -0.627. The van der Waals surface area contributed by atoms with Crippen molar-refractivity contribution in [2.24, 2.45) is 5.73 Å². The predicted octanol–water partition coefficient (Wildman–Crippen LogP) is 2.35. The molecule has 0 radical (unpaired) electrons. The molecule has 0 aliphatic carbocycles. The first kappa shape index (κ1) is 18.1. The highest BCUT2D eigenvalue weighted by Crippen LogP contribution is 2.26. The number of benzene rings is 2. The summed E-state index contributed by atoms with van der Waals surface area (Å²) >= 11 is 0. The van der Waals surface area contributed by atoms with Gasteiger partial charge in [-0.2, -0.15) is 0 Å². The Morgan fingerprint density at radius 2 is 1.92 bits per heavy atom. The maximum absolute atomic E-state index is 14.5. The molecule has 3 N–H and O–H groups in total. The van der Waals surface area contributed by atoms with Crippen LogP contribution >= 0.6 is 0 Å². The molecule has 5 nitrogen and oxygen atoms in total. The van der Waals surface area contributed by atoms with Gasteiger partial charge in [-0.1, -0.05) is 30.3 Å². The third kappa shape index (κ3) is 4.08. The first-order valence-corrected chi connectivity index (χ1v) is 8.74. The Hall–Kier alpha value is -2.73. The number of nitrogens with one attached hydrogen (secondary N) is 1. The van der Waals surface area contributed by atoms with Gasteiger partial charge in [-0.15, -0.1) is 0 Å². The third-order valence-electron chi connectivity index (χ3n) is 4.52. The molecule has 3 rings (SSSR count). The number of nitrogens with two attached hydrogens (primary N) is 1. The van der Waals surface area contributed by atoms with Crippen molar-refractivity contribution in [2.75, 3.05) is 25.0 Å². The minimum Gasteiger partial charge on any atom is -0.337 e. The monoisotopic (exact) mass is 355 g/mol. The molecule has 0 unspecified atom stereocenters. The van der Waals surface area contributed by atoms with Crippen molar-refractivity contribution in [3.63, 3.8) is 0 Å². The van der Waals surface area contributed by atoms with E-state index < -0.39 is 5.82 Å². The number of carbonyl (C=O) groups excluding carboxylic acids is 2. The molecular formula is C20H22FN3O2. The number of hydrogen-bond acceptors (Lipinski definition) is 3. The van der Waals surface area contributed by atoms with Crippen molar-refractivity contribution in [2.45, 2.75) is 19.3 Å². The van der Waals surface area contributed by atoms with Crippen molar-refractivity contribution >= 4 is 17.5 Å². The molecule has 1 aliphatic rings. The lowest BCUT2D eigenvalue weighted by molar-refractivity contribution is -0.116. The summed E-state index contributed by atoms with van der Waals surface area (Å²) in [7, 11) is 0. The summed E-state index contributed by atoms with van der Waals surface area (Å²) in [6.45, 7) is 1.13. The Kier molecular flexibility index (Phi) is 5.63. The number of hydrogen-bond donors (Lipinski definition) is 2. The van der Waals surface area contributed by atoms with E-state index in [1.54, 1.807) is 11.0 Å². The molecule has 136 valence electrons. The van der Waals surface area contributed by atoms with E-state index in [0.29, 0.717) is 44.6 Å². The van der Waals surface area contributed by atoms with E-state index in [1.165, 1.54) is 6.07 Å². The zero-order valence-electron chi connectivity index (χ0n) is 14.5. The number of nitrogens with zero attached hydrogens (tertiary/aromatic N) is 1. The van der Waals surface area contributed by atoms with Crippen LogP contribution < -0.4 is 11.1 Å². The Bertz CT molecular complexity index is 808. The lowest BCUT2D eigenvalue weighted by Gasteiger charge is -2.24. The summed E-state index contributed by atoms with van der Waals surface area (Å²) < 4.78 is 14.5. The number of rotatable bonds is 6. The Balaban J connectivity index is 1.79. The molecule has 1 aliphatic heterocycles. The molecule has 0 bridgehead atoms. The lowest BCUT2D eigenvalue weighted by Crippen LogP contribution is -2.37. The first-order chi connectivity index (χ1) is 12.6. The quantitative estimate of drug-likeness (QED) is 0.835. The summed E-state index contributed by atoms with van der Waals surface area (Å²) in [6.07, 6.45) is 1.52.